The van der Waals surface area contributed by atoms with Crippen LogP contribution in [0.2, 0.25) is 0 Å². The Labute approximate surface area is 257 Å². The topological polar surface area (TPSA) is 37.3 Å². The van der Waals surface area contributed by atoms with E-state index in [0.717, 1.165) is 52.7 Å². The maximum atomic E-state index is 13.7. The molecule has 1 aromatic rings. The highest BCUT2D eigenvalue weighted by Gasteiger charge is 2.34. The van der Waals surface area contributed by atoms with Crippen molar-refractivity contribution in [1.82, 2.24) is 0 Å². The number of hydrogen-bond acceptors (Lipinski definition) is 1. The first kappa shape index (κ1) is 33.7. The number of aromatic carboxylic acids is 1. The lowest BCUT2D eigenvalue weighted by atomic mass is 9.74. The molecule has 0 heterocycles. The number of carboxylic acids is 1. The molecule has 0 radical (unpaired) electrons. The number of carbonyl (C=O) groups is 1. The molecule has 228 valence electrons. The normalized spacial score (nSPS) is 20.6. The molecule has 43 heavy (non-hydrogen) atoms. The molecule has 2 aliphatic carbocycles. The Hall–Kier alpha value is -3.75. The Morgan fingerprint density at radius 1 is 1.12 bits per heavy atom. The van der Waals surface area contributed by atoms with Gasteiger partial charge in [-0.15, -0.1) is 5.73 Å². The van der Waals surface area contributed by atoms with Gasteiger partial charge in [0, 0.05) is 24.7 Å². The second-order valence-electron chi connectivity index (χ2n) is 12.2. The zero-order valence-electron chi connectivity index (χ0n) is 26.2. The van der Waals surface area contributed by atoms with Crippen LogP contribution in [0.1, 0.15) is 88.6 Å². The van der Waals surface area contributed by atoms with E-state index in [2.05, 4.69) is 69.7 Å². The molecule has 0 spiro atoms. The molecular weight excluding hydrogens is 538 g/mol. The summed E-state index contributed by atoms with van der Waals surface area (Å²) in [5.41, 5.74) is 12.0. The zero-order valence-corrected chi connectivity index (χ0v) is 26.2. The van der Waals surface area contributed by atoms with Crippen LogP contribution in [0.4, 0.5) is 8.78 Å². The first-order chi connectivity index (χ1) is 20.3. The summed E-state index contributed by atoms with van der Waals surface area (Å²) >= 11 is 0. The number of rotatable bonds is 12. The average Bonchev–Trinajstić information content (AvgIpc) is 2.96. The zero-order chi connectivity index (χ0) is 31.7. The summed E-state index contributed by atoms with van der Waals surface area (Å²) in [6.45, 7) is 20.6. The summed E-state index contributed by atoms with van der Waals surface area (Å²) in [5.74, 6) is -3.12. The van der Waals surface area contributed by atoms with E-state index in [1.165, 1.54) is 11.1 Å². The van der Waals surface area contributed by atoms with Crippen LogP contribution < -0.4 is 0 Å². The van der Waals surface area contributed by atoms with E-state index in [9.17, 15) is 18.7 Å². The lowest BCUT2D eigenvalue weighted by Gasteiger charge is -2.30. The van der Waals surface area contributed by atoms with E-state index >= 15 is 0 Å². The van der Waals surface area contributed by atoms with E-state index < -0.39 is 11.9 Å². The van der Waals surface area contributed by atoms with Gasteiger partial charge in [-0.3, -0.25) is 0 Å². The van der Waals surface area contributed by atoms with E-state index in [1.54, 1.807) is 12.1 Å². The van der Waals surface area contributed by atoms with Crippen LogP contribution in [-0.2, 0) is 0 Å². The van der Waals surface area contributed by atoms with Gasteiger partial charge in [-0.05, 0) is 106 Å². The largest absolute Gasteiger partial charge is 0.478 e. The predicted octanol–water partition coefficient (Wildman–Crippen LogP) is 11.2. The lowest BCUT2D eigenvalue weighted by molar-refractivity contribution is -0.0453. The van der Waals surface area contributed by atoms with Gasteiger partial charge in [0.05, 0.1) is 5.56 Å². The molecule has 1 aromatic carbocycles. The van der Waals surface area contributed by atoms with Gasteiger partial charge in [0.1, 0.15) is 0 Å². The van der Waals surface area contributed by atoms with Crippen molar-refractivity contribution in [3.63, 3.8) is 0 Å². The third kappa shape index (κ3) is 9.37. The van der Waals surface area contributed by atoms with Crippen molar-refractivity contribution in [1.29, 1.82) is 0 Å². The number of alkyl halides is 2. The highest BCUT2D eigenvalue weighted by molar-refractivity contribution is 5.88. The van der Waals surface area contributed by atoms with Gasteiger partial charge in [0.15, 0.2) is 0 Å². The third-order valence-corrected chi connectivity index (χ3v) is 8.78. The summed E-state index contributed by atoms with van der Waals surface area (Å²) < 4.78 is 27.3. The van der Waals surface area contributed by atoms with Crippen LogP contribution >= 0.6 is 0 Å². The van der Waals surface area contributed by atoms with Crippen molar-refractivity contribution in [2.75, 3.05) is 0 Å². The van der Waals surface area contributed by atoms with E-state index in [4.69, 9.17) is 0 Å². The molecule has 2 aliphatic rings. The number of hydrogen-bond donors (Lipinski definition) is 1. The SMILES string of the molecule is C=C=C(C)CCC(C(C)=CC=C)C1=CC(=C)C(C(=CC(C)=CCC2CCC(F)(F)CC2)c2ccc(C(=O)O)cc2)C(C)=C1. The highest BCUT2D eigenvalue weighted by atomic mass is 19.3. The second kappa shape index (κ2) is 15.1. The first-order valence-electron chi connectivity index (χ1n) is 15.2. The van der Waals surface area contributed by atoms with Crippen molar-refractivity contribution in [3.05, 3.63) is 131 Å². The van der Waals surface area contributed by atoms with E-state index in [0.29, 0.717) is 12.8 Å². The molecule has 0 aliphatic heterocycles. The van der Waals surface area contributed by atoms with E-state index in [-0.39, 0.29) is 36.2 Å². The summed E-state index contributed by atoms with van der Waals surface area (Å²) in [6.07, 6.45) is 16.2. The second-order valence-corrected chi connectivity index (χ2v) is 12.2. The molecule has 2 unspecified atom stereocenters. The molecule has 1 fully saturated rings. The Morgan fingerprint density at radius 2 is 1.74 bits per heavy atom. The molecule has 0 saturated heterocycles. The third-order valence-electron chi connectivity index (χ3n) is 8.78. The summed E-state index contributed by atoms with van der Waals surface area (Å²) in [6, 6.07) is 6.98. The average molecular weight is 585 g/mol. The van der Waals surface area contributed by atoms with Gasteiger partial charge in [-0.25, -0.2) is 13.6 Å². The first-order valence-corrected chi connectivity index (χ1v) is 15.2. The molecule has 1 N–H and O–H groups in total. The van der Waals surface area contributed by atoms with Crippen molar-refractivity contribution >= 4 is 11.5 Å². The molecule has 2 atom stereocenters. The van der Waals surface area contributed by atoms with Gasteiger partial charge in [0.2, 0.25) is 5.92 Å². The highest BCUT2D eigenvalue weighted by Crippen LogP contribution is 2.43. The van der Waals surface area contributed by atoms with Crippen LogP contribution in [0.3, 0.4) is 0 Å². The number of allylic oxidation sites excluding steroid dienone is 13. The van der Waals surface area contributed by atoms with Crippen LogP contribution in [0, 0.1) is 17.8 Å². The Morgan fingerprint density at radius 3 is 2.30 bits per heavy atom. The smallest absolute Gasteiger partial charge is 0.335 e. The van der Waals surface area contributed by atoms with Crippen LogP contribution in [0.15, 0.2) is 120 Å². The molecule has 1 saturated carbocycles. The monoisotopic (exact) mass is 584 g/mol. The molecule has 4 heteroatoms. The summed E-state index contributed by atoms with van der Waals surface area (Å²) in [5, 5.41) is 9.46. The maximum Gasteiger partial charge on any atom is 0.335 e. The van der Waals surface area contributed by atoms with Crippen LogP contribution in [-0.4, -0.2) is 17.0 Å². The fourth-order valence-corrected chi connectivity index (χ4v) is 6.16. The number of halogens is 2. The van der Waals surface area contributed by atoms with Gasteiger partial charge in [0.25, 0.3) is 0 Å². The number of carboxylic acid groups (broad SMARTS) is 1. The van der Waals surface area contributed by atoms with Gasteiger partial charge in [-0.1, -0.05) is 85.0 Å². The van der Waals surface area contributed by atoms with Gasteiger partial charge in [-0.2, -0.15) is 0 Å². The van der Waals surface area contributed by atoms with Crippen molar-refractivity contribution in [2.45, 2.75) is 78.6 Å². The fraction of sp³-hybridized carbons (Fsp3) is 0.385. The molecule has 3 rings (SSSR count). The van der Waals surface area contributed by atoms with Crippen molar-refractivity contribution < 1.29 is 18.7 Å². The molecule has 0 amide bonds. The molecule has 0 bridgehead atoms. The Kier molecular flexibility index (Phi) is 11.9. The summed E-state index contributed by atoms with van der Waals surface area (Å²) in [7, 11) is 0. The van der Waals surface area contributed by atoms with Crippen molar-refractivity contribution in [2.24, 2.45) is 17.8 Å². The van der Waals surface area contributed by atoms with Gasteiger partial charge < -0.3 is 5.11 Å². The van der Waals surface area contributed by atoms with Crippen molar-refractivity contribution in [3.8, 4) is 0 Å². The Balaban J connectivity index is 1.98. The Bertz CT molecular complexity index is 1410. The fourth-order valence-electron chi connectivity index (χ4n) is 6.16. The van der Waals surface area contributed by atoms with Gasteiger partial charge >= 0.3 is 5.97 Å². The predicted molar refractivity (Wildman–Crippen MR) is 176 cm³/mol. The minimum Gasteiger partial charge on any atom is -0.478 e. The minimum atomic E-state index is -2.53. The molecule has 2 nitrogen and oxygen atoms in total. The number of benzene rings is 1. The molecule has 0 aromatic heterocycles. The lowest BCUT2D eigenvalue weighted by Crippen LogP contribution is -2.24. The summed E-state index contributed by atoms with van der Waals surface area (Å²) in [4.78, 5) is 11.5. The van der Waals surface area contributed by atoms with E-state index in [1.807, 2.05) is 32.1 Å². The maximum absolute atomic E-state index is 13.7. The van der Waals surface area contributed by atoms with Crippen LogP contribution in [0.5, 0.6) is 0 Å². The minimum absolute atomic E-state index is 0.0337. The standard InChI is InChI=1S/C39H46F2O2/c1-8-10-28(5)35(18-12-26(3)9-2)34-24-29(6)37(30(7)25-34)36(32-14-16-33(17-15-32)38(42)43)23-27(4)11-13-31-19-21-39(40,41)22-20-31/h8,10-11,14-17,23-25,31,35,37H,1-2,6,12-13,18-22H2,3-5,7H3,(H,42,43). The van der Waals surface area contributed by atoms with Crippen LogP contribution in [0.25, 0.3) is 5.57 Å². The quantitative estimate of drug-likeness (QED) is 0.196. The molecular formula is C39H46F2O2.